The third-order valence-corrected chi connectivity index (χ3v) is 5.63. The Kier molecular flexibility index (Phi) is 5.45. The number of benzene rings is 1. The molecule has 27 heavy (non-hydrogen) atoms. The number of piperazine rings is 1. The van der Waals surface area contributed by atoms with Crippen molar-refractivity contribution < 1.29 is 23.7 Å². The minimum atomic E-state index is -0.0809. The maximum Gasteiger partial charge on any atom is 0.275 e. The largest absolute Gasteiger partial charge is 0.493 e. The second kappa shape index (κ2) is 8.15. The van der Waals surface area contributed by atoms with Crippen molar-refractivity contribution in [1.82, 2.24) is 5.32 Å². The molecule has 144 valence electrons. The van der Waals surface area contributed by atoms with Crippen molar-refractivity contribution >= 4 is 5.91 Å². The van der Waals surface area contributed by atoms with Crippen LogP contribution in [-0.2, 0) is 17.8 Å². The van der Waals surface area contributed by atoms with Gasteiger partial charge < -0.3 is 24.3 Å². The molecule has 0 saturated carbocycles. The van der Waals surface area contributed by atoms with E-state index in [0.717, 1.165) is 57.3 Å². The smallest absolute Gasteiger partial charge is 0.275 e. The fourth-order valence-corrected chi connectivity index (χ4v) is 4.08. The van der Waals surface area contributed by atoms with E-state index in [4.69, 9.17) is 9.15 Å². The summed E-state index contributed by atoms with van der Waals surface area (Å²) in [6.07, 6.45) is 2.67. The summed E-state index contributed by atoms with van der Waals surface area (Å²) in [6, 6.07) is 10.3. The molecule has 1 fully saturated rings. The average Bonchev–Trinajstić information content (AvgIpc) is 3.34. The number of rotatable bonds is 6. The molecule has 0 spiro atoms. The second-order valence-corrected chi connectivity index (χ2v) is 7.70. The third-order valence-electron chi connectivity index (χ3n) is 5.63. The van der Waals surface area contributed by atoms with Gasteiger partial charge >= 0.3 is 0 Å². The summed E-state index contributed by atoms with van der Waals surface area (Å²) in [4.78, 5) is 15.3. The first kappa shape index (κ1) is 18.1. The molecule has 0 unspecified atom stereocenters. The predicted octanol–water partition coefficient (Wildman–Crippen LogP) is -0.625. The van der Waals surface area contributed by atoms with Crippen LogP contribution in [-0.4, -0.2) is 45.2 Å². The van der Waals surface area contributed by atoms with Gasteiger partial charge in [-0.3, -0.25) is 4.79 Å². The Bertz CT molecular complexity index is 767. The number of quaternary nitrogens is 2. The van der Waals surface area contributed by atoms with Crippen LogP contribution in [0.3, 0.4) is 0 Å². The monoisotopic (exact) mass is 371 g/mol. The van der Waals surface area contributed by atoms with E-state index in [-0.39, 0.29) is 11.9 Å². The van der Waals surface area contributed by atoms with E-state index in [1.807, 2.05) is 19.1 Å². The van der Waals surface area contributed by atoms with E-state index in [9.17, 15) is 4.79 Å². The lowest BCUT2D eigenvalue weighted by molar-refractivity contribution is -1.02. The molecule has 2 aromatic rings. The number of amides is 1. The van der Waals surface area contributed by atoms with Gasteiger partial charge in [0.25, 0.3) is 5.91 Å². The van der Waals surface area contributed by atoms with E-state index < -0.39 is 0 Å². The third kappa shape index (κ3) is 4.51. The van der Waals surface area contributed by atoms with Crippen molar-refractivity contribution in [1.29, 1.82) is 0 Å². The number of hydrogen-bond donors (Lipinski definition) is 3. The quantitative estimate of drug-likeness (QED) is 0.634. The first-order valence-corrected chi connectivity index (χ1v) is 9.92. The van der Waals surface area contributed by atoms with Gasteiger partial charge in [-0.25, -0.2) is 0 Å². The van der Waals surface area contributed by atoms with Gasteiger partial charge in [0.15, 0.2) is 6.54 Å². The summed E-state index contributed by atoms with van der Waals surface area (Å²) in [7, 11) is 0. The second-order valence-electron chi connectivity index (χ2n) is 7.70. The van der Waals surface area contributed by atoms with Gasteiger partial charge in [-0.1, -0.05) is 0 Å². The normalized spacial score (nSPS) is 22.7. The molecule has 2 aliphatic rings. The van der Waals surface area contributed by atoms with Crippen LogP contribution in [0.4, 0.5) is 0 Å². The standard InChI is InChI=1S/C21H27N3O3/c1-16(19-3-2-11-26-19)22-21(25)15-24-9-7-23(8-10-24)14-17-4-5-20-18(13-17)6-12-27-20/h2-5,11,13,16H,6-10,12,14-15H2,1H3,(H,22,25)/p+2/t16-/m1/s1. The number of hydrogen-bond acceptors (Lipinski definition) is 3. The molecule has 6 heteroatoms. The molecule has 3 heterocycles. The lowest BCUT2D eigenvalue weighted by Crippen LogP contribution is -3.28. The fraction of sp³-hybridized carbons (Fsp3) is 0.476. The molecule has 0 radical (unpaired) electrons. The van der Waals surface area contributed by atoms with Gasteiger partial charge in [0.2, 0.25) is 0 Å². The molecule has 1 aromatic carbocycles. The molecule has 0 bridgehead atoms. The Morgan fingerprint density at radius 3 is 2.78 bits per heavy atom. The van der Waals surface area contributed by atoms with Crippen molar-refractivity contribution in [3.63, 3.8) is 0 Å². The first-order valence-electron chi connectivity index (χ1n) is 9.92. The average molecular weight is 371 g/mol. The summed E-state index contributed by atoms with van der Waals surface area (Å²) < 4.78 is 10.9. The highest BCUT2D eigenvalue weighted by Crippen LogP contribution is 2.25. The molecule has 4 rings (SSSR count). The minimum Gasteiger partial charge on any atom is -0.493 e. The number of carbonyl (C=O) groups is 1. The van der Waals surface area contributed by atoms with Crippen molar-refractivity contribution in [3.05, 3.63) is 53.5 Å². The molecule has 0 aliphatic carbocycles. The zero-order valence-electron chi connectivity index (χ0n) is 15.9. The van der Waals surface area contributed by atoms with Crippen LogP contribution in [0.5, 0.6) is 5.75 Å². The van der Waals surface area contributed by atoms with E-state index in [0.29, 0.717) is 6.54 Å². The van der Waals surface area contributed by atoms with E-state index >= 15 is 0 Å². The van der Waals surface area contributed by atoms with Crippen LogP contribution in [0.15, 0.2) is 41.0 Å². The van der Waals surface area contributed by atoms with Gasteiger partial charge in [0, 0.05) is 12.0 Å². The first-order chi connectivity index (χ1) is 13.2. The summed E-state index contributed by atoms with van der Waals surface area (Å²) in [5, 5.41) is 3.03. The Hall–Kier alpha value is -2.31. The zero-order chi connectivity index (χ0) is 18.6. The highest BCUT2D eigenvalue weighted by Gasteiger charge is 2.26. The molecular formula is C21H29N3O3+2. The van der Waals surface area contributed by atoms with Crippen molar-refractivity contribution in [2.45, 2.75) is 25.9 Å². The maximum absolute atomic E-state index is 12.3. The Labute approximate surface area is 160 Å². The van der Waals surface area contributed by atoms with Gasteiger partial charge in [0.1, 0.15) is 44.2 Å². The van der Waals surface area contributed by atoms with Crippen LogP contribution >= 0.6 is 0 Å². The number of nitrogens with one attached hydrogen (secondary N) is 3. The summed E-state index contributed by atoms with van der Waals surface area (Å²) in [5.74, 6) is 1.95. The molecule has 1 saturated heterocycles. The van der Waals surface area contributed by atoms with E-state index in [1.165, 1.54) is 16.0 Å². The van der Waals surface area contributed by atoms with Crippen molar-refractivity contribution in [3.8, 4) is 5.75 Å². The van der Waals surface area contributed by atoms with Crippen molar-refractivity contribution in [2.75, 3.05) is 39.3 Å². The van der Waals surface area contributed by atoms with Gasteiger partial charge in [-0.05, 0) is 42.8 Å². The topological polar surface area (TPSA) is 60.3 Å². The fourth-order valence-electron chi connectivity index (χ4n) is 4.08. The highest BCUT2D eigenvalue weighted by molar-refractivity contribution is 5.77. The summed E-state index contributed by atoms with van der Waals surface area (Å²) in [6.45, 7) is 8.63. The van der Waals surface area contributed by atoms with Crippen LogP contribution < -0.4 is 19.9 Å². The summed E-state index contributed by atoms with van der Waals surface area (Å²) in [5.41, 5.74) is 2.74. The zero-order valence-corrected chi connectivity index (χ0v) is 15.9. The van der Waals surface area contributed by atoms with Crippen molar-refractivity contribution in [2.24, 2.45) is 0 Å². The molecule has 1 aromatic heterocycles. The lowest BCUT2D eigenvalue weighted by Gasteiger charge is -2.29. The molecule has 3 N–H and O–H groups in total. The predicted molar refractivity (Wildman–Crippen MR) is 101 cm³/mol. The molecular weight excluding hydrogens is 342 g/mol. The number of fused-ring (bicyclic) bond motifs is 1. The summed E-state index contributed by atoms with van der Waals surface area (Å²) >= 11 is 0. The SMILES string of the molecule is C[C@@H](NC(=O)C[NH+]1CC[NH+](Cc2ccc3c(c2)CCO3)CC1)c1ccco1. The van der Waals surface area contributed by atoms with Crippen LogP contribution in [0.2, 0.25) is 0 Å². The molecule has 2 aliphatic heterocycles. The number of ether oxygens (including phenoxy) is 1. The molecule has 1 atom stereocenters. The van der Waals surface area contributed by atoms with Crippen LogP contribution in [0.1, 0.15) is 29.9 Å². The Morgan fingerprint density at radius 1 is 1.19 bits per heavy atom. The molecule has 6 nitrogen and oxygen atoms in total. The highest BCUT2D eigenvalue weighted by atomic mass is 16.5. The Morgan fingerprint density at radius 2 is 2.00 bits per heavy atom. The van der Waals surface area contributed by atoms with Crippen LogP contribution in [0.25, 0.3) is 0 Å². The Balaban J connectivity index is 1.21. The van der Waals surface area contributed by atoms with Crippen LogP contribution in [0, 0.1) is 0 Å². The van der Waals surface area contributed by atoms with E-state index in [2.05, 4.69) is 23.5 Å². The lowest BCUT2D eigenvalue weighted by atomic mass is 10.1. The maximum atomic E-state index is 12.3. The van der Waals surface area contributed by atoms with Gasteiger partial charge in [0.05, 0.1) is 18.9 Å². The minimum absolute atomic E-state index is 0.0809. The van der Waals surface area contributed by atoms with Gasteiger partial charge in [-0.2, -0.15) is 0 Å². The van der Waals surface area contributed by atoms with E-state index in [1.54, 1.807) is 11.2 Å². The number of carbonyl (C=O) groups excluding carboxylic acids is 1. The van der Waals surface area contributed by atoms with Gasteiger partial charge in [-0.15, -0.1) is 0 Å². The molecule has 1 amide bonds. The number of furan rings is 1.